The first-order chi connectivity index (χ1) is 10.1. The maximum Gasteiger partial charge on any atom is 0.263 e. The van der Waals surface area contributed by atoms with Gasteiger partial charge in [0, 0.05) is 18.7 Å². The third-order valence-electron chi connectivity index (χ3n) is 3.54. The van der Waals surface area contributed by atoms with Gasteiger partial charge >= 0.3 is 0 Å². The molecular formula is C18H21F2N. The molecule has 0 amide bonds. The summed E-state index contributed by atoms with van der Waals surface area (Å²) < 4.78 is 24.9. The van der Waals surface area contributed by atoms with E-state index in [0.29, 0.717) is 12.5 Å². The monoisotopic (exact) mass is 289 g/mol. The van der Waals surface area contributed by atoms with Crippen molar-refractivity contribution in [3.8, 4) is 0 Å². The number of halogens is 2. The lowest BCUT2D eigenvalue weighted by Crippen LogP contribution is -2.12. The lowest BCUT2D eigenvalue weighted by Gasteiger charge is -2.08. The van der Waals surface area contributed by atoms with Crippen molar-refractivity contribution in [2.75, 3.05) is 0 Å². The SMILES string of the molecule is CC(C)c1ccc(CNCc2ccc(C(F)F)cc2)cc1. The van der Waals surface area contributed by atoms with Gasteiger partial charge in [-0.3, -0.25) is 0 Å². The van der Waals surface area contributed by atoms with Crippen LogP contribution in [0.1, 0.15) is 48.4 Å². The molecule has 21 heavy (non-hydrogen) atoms. The molecule has 2 rings (SSSR count). The lowest BCUT2D eigenvalue weighted by atomic mass is 10.0. The number of hydrogen-bond donors (Lipinski definition) is 1. The number of benzene rings is 2. The van der Waals surface area contributed by atoms with Crippen LogP contribution in [0.15, 0.2) is 48.5 Å². The van der Waals surface area contributed by atoms with Gasteiger partial charge in [-0.1, -0.05) is 62.4 Å². The van der Waals surface area contributed by atoms with Crippen molar-refractivity contribution < 1.29 is 8.78 Å². The molecule has 0 aliphatic carbocycles. The molecule has 0 radical (unpaired) electrons. The molecule has 2 aromatic carbocycles. The van der Waals surface area contributed by atoms with Crippen molar-refractivity contribution in [1.29, 1.82) is 0 Å². The van der Waals surface area contributed by atoms with Gasteiger partial charge in [-0.05, 0) is 22.6 Å². The third kappa shape index (κ3) is 4.64. The van der Waals surface area contributed by atoms with Crippen molar-refractivity contribution in [3.63, 3.8) is 0 Å². The summed E-state index contributed by atoms with van der Waals surface area (Å²) in [4.78, 5) is 0. The van der Waals surface area contributed by atoms with Crippen molar-refractivity contribution in [3.05, 3.63) is 70.8 Å². The molecule has 0 saturated heterocycles. The largest absolute Gasteiger partial charge is 0.309 e. The Morgan fingerprint density at radius 2 is 1.19 bits per heavy atom. The van der Waals surface area contributed by atoms with E-state index in [1.165, 1.54) is 23.3 Å². The zero-order valence-corrected chi connectivity index (χ0v) is 12.4. The summed E-state index contributed by atoms with van der Waals surface area (Å²) in [5.41, 5.74) is 3.64. The molecule has 0 unspecified atom stereocenters. The Balaban J connectivity index is 1.83. The molecule has 0 aliphatic rings. The van der Waals surface area contributed by atoms with Crippen LogP contribution in [0.4, 0.5) is 8.78 Å². The first-order valence-corrected chi connectivity index (χ1v) is 7.23. The van der Waals surface area contributed by atoms with Gasteiger partial charge < -0.3 is 5.32 Å². The molecule has 0 aromatic heterocycles. The Bertz CT molecular complexity index is 493. The highest BCUT2D eigenvalue weighted by Crippen LogP contribution is 2.18. The quantitative estimate of drug-likeness (QED) is 0.785. The van der Waals surface area contributed by atoms with E-state index in [9.17, 15) is 8.78 Å². The highest BCUT2D eigenvalue weighted by atomic mass is 19.3. The average Bonchev–Trinajstić information content (AvgIpc) is 2.48. The lowest BCUT2D eigenvalue weighted by molar-refractivity contribution is 0.151. The first-order valence-electron chi connectivity index (χ1n) is 7.23. The van der Waals surface area contributed by atoms with Crippen LogP contribution in [0.3, 0.4) is 0 Å². The molecule has 1 nitrogen and oxygen atoms in total. The van der Waals surface area contributed by atoms with E-state index in [4.69, 9.17) is 0 Å². The maximum absolute atomic E-state index is 12.4. The van der Waals surface area contributed by atoms with Gasteiger partial charge in [0.15, 0.2) is 0 Å². The summed E-state index contributed by atoms with van der Waals surface area (Å²) in [7, 11) is 0. The van der Waals surface area contributed by atoms with E-state index >= 15 is 0 Å². The molecule has 3 heteroatoms. The van der Waals surface area contributed by atoms with E-state index in [-0.39, 0.29) is 5.56 Å². The zero-order valence-electron chi connectivity index (χ0n) is 12.4. The van der Waals surface area contributed by atoms with E-state index in [1.54, 1.807) is 12.1 Å². The van der Waals surface area contributed by atoms with Crippen LogP contribution in [-0.4, -0.2) is 0 Å². The molecule has 0 atom stereocenters. The fourth-order valence-electron chi connectivity index (χ4n) is 2.15. The highest BCUT2D eigenvalue weighted by Gasteiger charge is 2.05. The Kier molecular flexibility index (Phi) is 5.45. The summed E-state index contributed by atoms with van der Waals surface area (Å²) in [6.45, 7) is 5.80. The fourth-order valence-corrected chi connectivity index (χ4v) is 2.15. The number of nitrogens with one attached hydrogen (secondary N) is 1. The summed E-state index contributed by atoms with van der Waals surface area (Å²) in [5, 5.41) is 3.33. The van der Waals surface area contributed by atoms with Gasteiger partial charge in [0.05, 0.1) is 0 Å². The molecule has 0 fully saturated rings. The number of alkyl halides is 2. The molecule has 0 aliphatic heterocycles. The minimum Gasteiger partial charge on any atom is -0.309 e. The number of rotatable bonds is 6. The second-order valence-electron chi connectivity index (χ2n) is 5.54. The van der Waals surface area contributed by atoms with Gasteiger partial charge in [-0.25, -0.2) is 8.78 Å². The molecular weight excluding hydrogens is 268 g/mol. The predicted molar refractivity (Wildman–Crippen MR) is 82.5 cm³/mol. The molecule has 0 saturated carbocycles. The summed E-state index contributed by atoms with van der Waals surface area (Å²) >= 11 is 0. The summed E-state index contributed by atoms with van der Waals surface area (Å²) in [6.07, 6.45) is -2.40. The van der Waals surface area contributed by atoms with Gasteiger partial charge in [-0.2, -0.15) is 0 Å². The minimum absolute atomic E-state index is 0.0722. The first kappa shape index (κ1) is 15.6. The summed E-state index contributed by atoms with van der Waals surface area (Å²) in [5.74, 6) is 0.542. The molecule has 0 bridgehead atoms. The van der Waals surface area contributed by atoms with Crippen LogP contribution in [0, 0.1) is 0 Å². The molecule has 1 N–H and O–H groups in total. The van der Waals surface area contributed by atoms with Gasteiger partial charge in [-0.15, -0.1) is 0 Å². The van der Waals surface area contributed by atoms with E-state index in [1.807, 2.05) is 0 Å². The van der Waals surface area contributed by atoms with Gasteiger partial charge in [0.25, 0.3) is 6.43 Å². The van der Waals surface area contributed by atoms with Crippen LogP contribution < -0.4 is 5.32 Å². The Hall–Kier alpha value is -1.74. The van der Waals surface area contributed by atoms with E-state index < -0.39 is 6.43 Å². The minimum atomic E-state index is -2.40. The smallest absolute Gasteiger partial charge is 0.263 e. The van der Waals surface area contributed by atoms with Gasteiger partial charge in [0.2, 0.25) is 0 Å². The normalized spacial score (nSPS) is 11.3. The van der Waals surface area contributed by atoms with Crippen LogP contribution in [0.2, 0.25) is 0 Å². The van der Waals surface area contributed by atoms with Crippen molar-refractivity contribution in [1.82, 2.24) is 5.32 Å². The molecule has 0 heterocycles. The van der Waals surface area contributed by atoms with Crippen molar-refractivity contribution in [2.24, 2.45) is 0 Å². The Labute approximate surface area is 125 Å². The molecule has 112 valence electrons. The second-order valence-corrected chi connectivity index (χ2v) is 5.54. The number of hydrogen-bond acceptors (Lipinski definition) is 1. The fraction of sp³-hybridized carbons (Fsp3) is 0.333. The zero-order chi connectivity index (χ0) is 15.2. The Morgan fingerprint density at radius 1 is 0.762 bits per heavy atom. The van der Waals surface area contributed by atoms with Gasteiger partial charge in [0.1, 0.15) is 0 Å². The topological polar surface area (TPSA) is 12.0 Å². The average molecular weight is 289 g/mol. The third-order valence-corrected chi connectivity index (χ3v) is 3.54. The second kappa shape index (κ2) is 7.32. The van der Waals surface area contributed by atoms with E-state index in [0.717, 1.165) is 12.1 Å². The van der Waals surface area contributed by atoms with E-state index in [2.05, 4.69) is 43.4 Å². The van der Waals surface area contributed by atoms with Crippen LogP contribution >= 0.6 is 0 Å². The van der Waals surface area contributed by atoms with Crippen molar-refractivity contribution in [2.45, 2.75) is 39.3 Å². The predicted octanol–water partition coefficient (Wildman–Crippen LogP) is 5.04. The van der Waals surface area contributed by atoms with Crippen LogP contribution in [0.25, 0.3) is 0 Å². The molecule has 0 spiro atoms. The highest BCUT2D eigenvalue weighted by molar-refractivity contribution is 5.25. The van der Waals surface area contributed by atoms with Crippen LogP contribution in [0.5, 0.6) is 0 Å². The maximum atomic E-state index is 12.4. The Morgan fingerprint density at radius 3 is 1.57 bits per heavy atom. The molecule has 2 aromatic rings. The van der Waals surface area contributed by atoms with Crippen molar-refractivity contribution >= 4 is 0 Å². The van der Waals surface area contributed by atoms with Crippen LogP contribution in [-0.2, 0) is 13.1 Å². The standard InChI is InChI=1S/C18H21F2N/c1-13(2)16-7-3-14(4-8-16)11-21-12-15-5-9-17(10-6-15)18(19)20/h3-10,13,18,21H,11-12H2,1-2H3. The summed E-state index contributed by atoms with van der Waals surface area (Å²) in [6, 6.07) is 15.0.